The predicted octanol–water partition coefficient (Wildman–Crippen LogP) is 6.19. The number of anilines is 1. The third-order valence-corrected chi connectivity index (χ3v) is 5.90. The molecule has 0 saturated heterocycles. The van der Waals surface area contributed by atoms with Gasteiger partial charge in [-0.15, -0.1) is 13.2 Å². The van der Waals surface area contributed by atoms with E-state index in [1.807, 2.05) is 13.8 Å². The van der Waals surface area contributed by atoms with Gasteiger partial charge in [-0.3, -0.25) is 19.5 Å². The van der Waals surface area contributed by atoms with Gasteiger partial charge >= 0.3 is 6.36 Å². The molecule has 186 valence electrons. The second kappa shape index (κ2) is 9.49. The van der Waals surface area contributed by atoms with Gasteiger partial charge in [-0.25, -0.2) is 0 Å². The molecule has 0 bridgehead atoms. The van der Waals surface area contributed by atoms with Crippen LogP contribution in [0.3, 0.4) is 0 Å². The maximum Gasteiger partial charge on any atom is 0.573 e. The molecule has 4 rings (SSSR count). The summed E-state index contributed by atoms with van der Waals surface area (Å²) < 4.78 is 41.8. The first kappa shape index (κ1) is 25.0. The van der Waals surface area contributed by atoms with E-state index in [1.54, 1.807) is 43.3 Å². The van der Waals surface area contributed by atoms with Gasteiger partial charge in [-0.05, 0) is 48.2 Å². The molecule has 2 aromatic carbocycles. The molecular formula is C27H23F3N2O4. The normalized spacial score (nSPS) is 16.1. The summed E-state index contributed by atoms with van der Waals surface area (Å²) in [6, 6.07) is 13.8. The number of hydrogen-bond acceptors (Lipinski definition) is 5. The Morgan fingerprint density at radius 1 is 1.03 bits per heavy atom. The van der Waals surface area contributed by atoms with E-state index >= 15 is 0 Å². The number of alkyl halides is 3. The third kappa shape index (κ3) is 4.95. The first-order chi connectivity index (χ1) is 17.0. The van der Waals surface area contributed by atoms with Crippen LogP contribution in [0.25, 0.3) is 0 Å². The zero-order chi connectivity index (χ0) is 26.2. The molecule has 2 heterocycles. The monoisotopic (exact) mass is 496 g/mol. The number of carbonyl (C=O) groups excluding carboxylic acids is 2. The van der Waals surface area contributed by atoms with Gasteiger partial charge < -0.3 is 9.84 Å². The number of halogens is 3. The first-order valence-corrected chi connectivity index (χ1v) is 11.2. The molecule has 1 aliphatic rings. The third-order valence-electron chi connectivity index (χ3n) is 5.90. The van der Waals surface area contributed by atoms with Crippen LogP contribution < -0.4 is 9.64 Å². The number of aryl methyl sites for hydroxylation is 1. The van der Waals surface area contributed by atoms with Crippen LogP contribution in [-0.2, 0) is 4.79 Å². The largest absolute Gasteiger partial charge is 0.573 e. The maximum atomic E-state index is 13.6. The summed E-state index contributed by atoms with van der Waals surface area (Å²) >= 11 is 0. The second-order valence-corrected chi connectivity index (χ2v) is 8.72. The summed E-state index contributed by atoms with van der Waals surface area (Å²) in [4.78, 5) is 32.2. The molecule has 0 saturated carbocycles. The molecule has 6 nitrogen and oxygen atoms in total. The van der Waals surface area contributed by atoms with Gasteiger partial charge in [0.05, 0.1) is 23.5 Å². The number of carbonyl (C=O) groups is 2. The van der Waals surface area contributed by atoms with Crippen molar-refractivity contribution in [3.8, 4) is 5.75 Å². The molecule has 1 atom stereocenters. The van der Waals surface area contributed by atoms with Crippen molar-refractivity contribution in [2.75, 3.05) is 4.90 Å². The van der Waals surface area contributed by atoms with Gasteiger partial charge in [0.2, 0.25) is 0 Å². The van der Waals surface area contributed by atoms with E-state index in [0.29, 0.717) is 16.9 Å². The van der Waals surface area contributed by atoms with E-state index in [2.05, 4.69) is 9.72 Å². The molecule has 0 spiro atoms. The van der Waals surface area contributed by atoms with Gasteiger partial charge in [0, 0.05) is 11.3 Å². The lowest BCUT2D eigenvalue weighted by Gasteiger charge is -2.27. The van der Waals surface area contributed by atoms with Gasteiger partial charge in [0.25, 0.3) is 5.91 Å². The average molecular weight is 496 g/mol. The SMILES string of the molecule is Cc1ccc(N2C(=O)C(O)=C(C(=O)c3ccc(C(C)C)cc3)C2c2ccc(OC(F)(F)F)cc2)cn1. The topological polar surface area (TPSA) is 79.7 Å². The number of hydrogen-bond donors (Lipinski definition) is 1. The highest BCUT2D eigenvalue weighted by atomic mass is 19.4. The predicted molar refractivity (Wildman–Crippen MR) is 127 cm³/mol. The van der Waals surface area contributed by atoms with Crippen molar-refractivity contribution in [2.24, 2.45) is 0 Å². The number of aliphatic hydroxyl groups excluding tert-OH is 1. The van der Waals surface area contributed by atoms with Crippen LogP contribution >= 0.6 is 0 Å². The van der Waals surface area contributed by atoms with Gasteiger partial charge in [0.15, 0.2) is 11.5 Å². The summed E-state index contributed by atoms with van der Waals surface area (Å²) in [6.45, 7) is 5.78. The summed E-state index contributed by atoms with van der Waals surface area (Å²) in [7, 11) is 0. The number of benzene rings is 2. The number of pyridine rings is 1. The van der Waals surface area contributed by atoms with Crippen LogP contribution in [0.5, 0.6) is 5.75 Å². The van der Waals surface area contributed by atoms with Crippen LogP contribution in [-0.4, -0.2) is 28.1 Å². The molecule has 3 aromatic rings. The Morgan fingerprint density at radius 3 is 2.19 bits per heavy atom. The van der Waals surface area contributed by atoms with E-state index in [4.69, 9.17) is 0 Å². The highest BCUT2D eigenvalue weighted by Gasteiger charge is 2.45. The van der Waals surface area contributed by atoms with E-state index in [1.165, 1.54) is 23.2 Å². The highest BCUT2D eigenvalue weighted by molar-refractivity contribution is 6.20. The minimum atomic E-state index is -4.87. The Balaban J connectivity index is 1.79. The molecule has 0 fully saturated rings. The molecule has 36 heavy (non-hydrogen) atoms. The van der Waals surface area contributed by atoms with Crippen LogP contribution in [0, 0.1) is 6.92 Å². The molecule has 0 radical (unpaired) electrons. The van der Waals surface area contributed by atoms with E-state index in [-0.39, 0.29) is 17.1 Å². The number of ketones is 1. The van der Waals surface area contributed by atoms with Crippen molar-refractivity contribution >= 4 is 17.4 Å². The fourth-order valence-electron chi connectivity index (χ4n) is 4.05. The quantitative estimate of drug-likeness (QED) is 0.412. The molecule has 1 unspecified atom stereocenters. The number of ether oxygens (including phenoxy) is 1. The fraction of sp³-hybridized carbons (Fsp3) is 0.222. The van der Waals surface area contributed by atoms with Gasteiger partial charge in [-0.1, -0.05) is 50.2 Å². The Bertz CT molecular complexity index is 1310. The molecule has 9 heteroatoms. The fourth-order valence-corrected chi connectivity index (χ4v) is 4.05. The Morgan fingerprint density at radius 2 is 1.67 bits per heavy atom. The van der Waals surface area contributed by atoms with Crippen LogP contribution in [0.15, 0.2) is 78.2 Å². The van der Waals surface area contributed by atoms with Crippen LogP contribution in [0.4, 0.5) is 18.9 Å². The Hall–Kier alpha value is -4.14. The van der Waals surface area contributed by atoms with E-state index < -0.39 is 35.6 Å². The van der Waals surface area contributed by atoms with Crippen molar-refractivity contribution in [3.63, 3.8) is 0 Å². The second-order valence-electron chi connectivity index (χ2n) is 8.72. The molecule has 1 aliphatic heterocycles. The number of nitrogens with zero attached hydrogens (tertiary/aromatic N) is 2. The standard InChI is InChI=1S/C27H23F3N2O4/c1-15(2)17-5-7-19(8-6-17)24(33)22-23(18-9-12-21(13-10-18)36-27(28,29)30)32(26(35)25(22)34)20-11-4-16(3)31-14-20/h4-15,23,34H,1-3H3. The molecule has 1 aromatic heterocycles. The maximum absolute atomic E-state index is 13.6. The zero-order valence-corrected chi connectivity index (χ0v) is 19.7. The number of Topliss-reactive ketones (excluding diaryl/α,β-unsaturated/α-hetero) is 1. The van der Waals surface area contributed by atoms with Crippen molar-refractivity contribution in [1.29, 1.82) is 0 Å². The lowest BCUT2D eigenvalue weighted by molar-refractivity contribution is -0.274. The van der Waals surface area contributed by atoms with Crippen LogP contribution in [0.2, 0.25) is 0 Å². The number of aliphatic hydroxyl groups is 1. The molecule has 1 N–H and O–H groups in total. The molecular weight excluding hydrogens is 473 g/mol. The smallest absolute Gasteiger partial charge is 0.503 e. The number of aromatic nitrogens is 1. The number of rotatable bonds is 6. The van der Waals surface area contributed by atoms with E-state index in [0.717, 1.165) is 17.7 Å². The number of amides is 1. The summed E-state index contributed by atoms with van der Waals surface area (Å²) in [6.07, 6.45) is -3.44. The van der Waals surface area contributed by atoms with Crippen LogP contribution in [0.1, 0.15) is 53.0 Å². The van der Waals surface area contributed by atoms with Crippen molar-refractivity contribution < 1.29 is 32.6 Å². The average Bonchev–Trinajstić information content (AvgIpc) is 3.09. The van der Waals surface area contributed by atoms with Crippen molar-refractivity contribution in [3.05, 3.63) is 101 Å². The molecule has 0 aliphatic carbocycles. The first-order valence-electron chi connectivity index (χ1n) is 11.2. The Labute approximate surface area is 205 Å². The summed E-state index contributed by atoms with van der Waals surface area (Å²) in [5, 5.41) is 10.8. The van der Waals surface area contributed by atoms with E-state index in [9.17, 15) is 27.9 Å². The lowest BCUT2D eigenvalue weighted by Crippen LogP contribution is -2.31. The highest BCUT2D eigenvalue weighted by Crippen LogP contribution is 2.42. The Kier molecular flexibility index (Phi) is 6.58. The van der Waals surface area contributed by atoms with Gasteiger partial charge in [0.1, 0.15) is 5.75 Å². The van der Waals surface area contributed by atoms with Gasteiger partial charge in [-0.2, -0.15) is 0 Å². The van der Waals surface area contributed by atoms with Crippen molar-refractivity contribution in [1.82, 2.24) is 4.98 Å². The summed E-state index contributed by atoms with van der Waals surface area (Å²) in [5.41, 5.74) is 2.41. The lowest BCUT2D eigenvalue weighted by atomic mass is 9.91. The summed E-state index contributed by atoms with van der Waals surface area (Å²) in [5.74, 6) is -2.33. The molecule has 1 amide bonds. The van der Waals surface area contributed by atoms with Crippen molar-refractivity contribution in [2.45, 2.75) is 39.1 Å². The zero-order valence-electron chi connectivity index (χ0n) is 19.7. The minimum Gasteiger partial charge on any atom is -0.503 e. The minimum absolute atomic E-state index is 0.178.